The summed E-state index contributed by atoms with van der Waals surface area (Å²) in [5, 5.41) is 12.7. The summed E-state index contributed by atoms with van der Waals surface area (Å²) < 4.78 is 3.79. The van der Waals surface area contributed by atoms with Gasteiger partial charge in [0.1, 0.15) is 5.65 Å². The summed E-state index contributed by atoms with van der Waals surface area (Å²) in [6.07, 6.45) is 4.12. The van der Waals surface area contributed by atoms with E-state index in [1.807, 2.05) is 47.0 Å². The van der Waals surface area contributed by atoms with E-state index in [1.165, 1.54) is 5.56 Å². The fourth-order valence-corrected chi connectivity index (χ4v) is 3.14. The molecule has 6 nitrogen and oxygen atoms in total. The molecule has 3 heterocycles. The Bertz CT molecular complexity index is 944. The smallest absolute Gasteiger partial charge is 0.214 e. The fraction of sp³-hybridized carbons (Fsp3) is 0.125. The molecule has 0 aliphatic heterocycles. The molecule has 4 aromatic rings. The van der Waals surface area contributed by atoms with E-state index < -0.39 is 0 Å². The van der Waals surface area contributed by atoms with Gasteiger partial charge in [-0.15, -0.1) is 5.10 Å². The molecule has 0 aliphatic carbocycles. The summed E-state index contributed by atoms with van der Waals surface area (Å²) in [7, 11) is 0. The molecule has 23 heavy (non-hydrogen) atoms. The number of aryl methyl sites for hydroxylation is 1. The molecule has 0 saturated heterocycles. The first-order valence-electron chi connectivity index (χ1n) is 7.20. The maximum atomic E-state index is 4.62. The minimum Gasteiger partial charge on any atom is -0.307 e. The standard InChI is InChI=1S/C16H14N6S/c1-12-7-8-15-17-13(10-21(15)9-12)11-23-16-18-19-20-22(16)14-5-3-2-4-6-14/h2-10H,11H2,1H3. The zero-order valence-electron chi connectivity index (χ0n) is 12.5. The van der Waals surface area contributed by atoms with Crippen molar-refractivity contribution in [1.29, 1.82) is 0 Å². The van der Waals surface area contributed by atoms with Crippen LogP contribution in [-0.2, 0) is 5.75 Å². The number of pyridine rings is 1. The molecule has 3 aromatic heterocycles. The van der Waals surface area contributed by atoms with Gasteiger partial charge in [0.2, 0.25) is 5.16 Å². The molecule has 0 amide bonds. The molecular formula is C16H14N6S. The maximum absolute atomic E-state index is 4.62. The molecule has 0 aliphatic rings. The van der Waals surface area contributed by atoms with Crippen LogP contribution in [0.3, 0.4) is 0 Å². The van der Waals surface area contributed by atoms with Crippen molar-refractivity contribution in [3.8, 4) is 5.69 Å². The molecule has 0 unspecified atom stereocenters. The van der Waals surface area contributed by atoms with Crippen molar-refractivity contribution in [1.82, 2.24) is 29.6 Å². The van der Waals surface area contributed by atoms with E-state index in [2.05, 4.69) is 39.7 Å². The minimum atomic E-state index is 0.716. The van der Waals surface area contributed by atoms with E-state index in [1.54, 1.807) is 16.4 Å². The highest BCUT2D eigenvalue weighted by atomic mass is 32.2. The third-order valence-corrected chi connectivity index (χ3v) is 4.39. The maximum Gasteiger partial charge on any atom is 0.214 e. The van der Waals surface area contributed by atoms with Crippen LogP contribution in [0.4, 0.5) is 0 Å². The lowest BCUT2D eigenvalue weighted by Crippen LogP contribution is -1.98. The zero-order valence-corrected chi connectivity index (χ0v) is 13.3. The highest BCUT2D eigenvalue weighted by Crippen LogP contribution is 2.22. The molecule has 0 fully saturated rings. The Hall–Kier alpha value is -2.67. The number of rotatable bonds is 4. The Morgan fingerprint density at radius 2 is 1.91 bits per heavy atom. The van der Waals surface area contributed by atoms with Crippen LogP contribution in [0.5, 0.6) is 0 Å². The molecule has 0 N–H and O–H groups in total. The summed E-state index contributed by atoms with van der Waals surface area (Å²) in [6, 6.07) is 14.0. The molecule has 1 aromatic carbocycles. The van der Waals surface area contributed by atoms with E-state index in [9.17, 15) is 0 Å². The van der Waals surface area contributed by atoms with Crippen LogP contribution in [-0.4, -0.2) is 29.6 Å². The van der Waals surface area contributed by atoms with Crippen LogP contribution in [0.25, 0.3) is 11.3 Å². The van der Waals surface area contributed by atoms with Crippen molar-refractivity contribution in [3.05, 3.63) is 66.1 Å². The number of hydrogen-bond donors (Lipinski definition) is 0. The third-order valence-electron chi connectivity index (χ3n) is 3.44. The topological polar surface area (TPSA) is 60.9 Å². The van der Waals surface area contributed by atoms with E-state index in [4.69, 9.17) is 0 Å². The number of nitrogens with zero attached hydrogens (tertiary/aromatic N) is 6. The Labute approximate surface area is 137 Å². The summed E-state index contributed by atoms with van der Waals surface area (Å²) in [6.45, 7) is 2.07. The molecule has 0 bridgehead atoms. The second-order valence-corrected chi connectivity index (χ2v) is 6.14. The fourth-order valence-electron chi connectivity index (χ4n) is 2.36. The quantitative estimate of drug-likeness (QED) is 0.541. The monoisotopic (exact) mass is 322 g/mol. The first kappa shape index (κ1) is 14.0. The van der Waals surface area contributed by atoms with E-state index >= 15 is 0 Å². The highest BCUT2D eigenvalue weighted by molar-refractivity contribution is 7.98. The van der Waals surface area contributed by atoms with Crippen LogP contribution in [0.1, 0.15) is 11.3 Å². The van der Waals surface area contributed by atoms with Gasteiger partial charge in [-0.2, -0.15) is 4.68 Å². The van der Waals surface area contributed by atoms with Gasteiger partial charge in [0.25, 0.3) is 0 Å². The highest BCUT2D eigenvalue weighted by Gasteiger charge is 2.10. The zero-order chi connectivity index (χ0) is 15.6. The van der Waals surface area contributed by atoms with E-state index in [0.29, 0.717) is 5.75 Å². The predicted molar refractivity (Wildman–Crippen MR) is 88.6 cm³/mol. The Kier molecular flexibility index (Phi) is 3.55. The number of hydrogen-bond acceptors (Lipinski definition) is 5. The van der Waals surface area contributed by atoms with Gasteiger partial charge in [-0.05, 0) is 41.1 Å². The average Bonchev–Trinajstić information content (AvgIpc) is 3.19. The van der Waals surface area contributed by atoms with Gasteiger partial charge in [0, 0.05) is 18.1 Å². The number of tetrazole rings is 1. The first-order chi connectivity index (χ1) is 11.3. The summed E-state index contributed by atoms with van der Waals surface area (Å²) >= 11 is 1.57. The van der Waals surface area contributed by atoms with Crippen molar-refractivity contribution in [2.75, 3.05) is 0 Å². The van der Waals surface area contributed by atoms with Crippen LogP contribution in [0.2, 0.25) is 0 Å². The molecule has 7 heteroatoms. The average molecular weight is 322 g/mol. The SMILES string of the molecule is Cc1ccc2nc(CSc3nnnn3-c3ccccc3)cn2c1. The Morgan fingerprint density at radius 1 is 1.04 bits per heavy atom. The molecular weight excluding hydrogens is 308 g/mol. The molecule has 4 rings (SSSR count). The lowest BCUT2D eigenvalue weighted by atomic mass is 10.3. The van der Waals surface area contributed by atoms with Crippen molar-refractivity contribution in [2.24, 2.45) is 0 Å². The summed E-state index contributed by atoms with van der Waals surface area (Å²) in [5.74, 6) is 0.716. The Balaban J connectivity index is 1.56. The van der Waals surface area contributed by atoms with Crippen molar-refractivity contribution >= 4 is 17.4 Å². The van der Waals surface area contributed by atoms with Gasteiger partial charge in [-0.25, -0.2) is 4.98 Å². The van der Waals surface area contributed by atoms with Gasteiger partial charge >= 0.3 is 0 Å². The van der Waals surface area contributed by atoms with Crippen LogP contribution in [0.15, 0.2) is 60.0 Å². The Morgan fingerprint density at radius 3 is 2.78 bits per heavy atom. The van der Waals surface area contributed by atoms with Crippen LogP contribution < -0.4 is 0 Å². The second kappa shape index (κ2) is 5.85. The van der Waals surface area contributed by atoms with Crippen molar-refractivity contribution in [3.63, 3.8) is 0 Å². The number of benzene rings is 1. The molecule has 0 spiro atoms. The first-order valence-corrected chi connectivity index (χ1v) is 8.19. The van der Waals surface area contributed by atoms with Crippen molar-refractivity contribution < 1.29 is 0 Å². The number of para-hydroxylation sites is 1. The number of thioether (sulfide) groups is 1. The lowest BCUT2D eigenvalue weighted by Gasteiger charge is -2.02. The number of imidazole rings is 1. The van der Waals surface area contributed by atoms with Gasteiger partial charge in [-0.1, -0.05) is 36.0 Å². The van der Waals surface area contributed by atoms with Crippen LogP contribution >= 0.6 is 11.8 Å². The number of aromatic nitrogens is 6. The molecule has 0 radical (unpaired) electrons. The third kappa shape index (κ3) is 2.83. The minimum absolute atomic E-state index is 0.716. The van der Waals surface area contributed by atoms with Gasteiger partial charge in [0.15, 0.2) is 0 Å². The van der Waals surface area contributed by atoms with E-state index in [0.717, 1.165) is 22.2 Å². The van der Waals surface area contributed by atoms with Gasteiger partial charge in [-0.3, -0.25) is 0 Å². The largest absolute Gasteiger partial charge is 0.307 e. The van der Waals surface area contributed by atoms with Crippen LogP contribution in [0, 0.1) is 6.92 Å². The van der Waals surface area contributed by atoms with Gasteiger partial charge < -0.3 is 4.40 Å². The lowest BCUT2D eigenvalue weighted by molar-refractivity contribution is 0.756. The van der Waals surface area contributed by atoms with Crippen molar-refractivity contribution in [2.45, 2.75) is 17.8 Å². The normalized spacial score (nSPS) is 11.2. The summed E-state index contributed by atoms with van der Waals surface area (Å²) in [5.41, 5.74) is 4.12. The molecule has 0 atom stereocenters. The predicted octanol–water partition coefficient (Wildman–Crippen LogP) is 2.91. The molecule has 0 saturated carbocycles. The summed E-state index contributed by atoms with van der Waals surface area (Å²) in [4.78, 5) is 4.62. The van der Waals surface area contributed by atoms with Gasteiger partial charge in [0.05, 0.1) is 11.4 Å². The second-order valence-electron chi connectivity index (χ2n) is 5.20. The van der Waals surface area contributed by atoms with E-state index in [-0.39, 0.29) is 0 Å². The number of fused-ring (bicyclic) bond motifs is 1. The molecule has 114 valence electrons.